The Morgan fingerprint density at radius 2 is 0.937 bits per heavy atom. The zero-order valence-corrected chi connectivity index (χ0v) is 39.7. The monoisotopic (exact) mass is 911 g/mol. The van der Waals surface area contributed by atoms with E-state index in [1.165, 1.54) is 32.1 Å². The van der Waals surface area contributed by atoms with Gasteiger partial charge in [-0.15, -0.1) is 0 Å². The number of carbonyl (C=O) groups excluding carboxylic acids is 1. The fraction of sp³-hybridized carbons (Fsp3) is 0.740. The molecule has 0 aliphatic heterocycles. The summed E-state index contributed by atoms with van der Waals surface area (Å²) in [5.41, 5.74) is 0. The van der Waals surface area contributed by atoms with Crippen LogP contribution in [0.5, 0.6) is 0 Å². The van der Waals surface area contributed by atoms with E-state index in [2.05, 4.69) is 86.8 Å². The predicted octanol–water partition coefficient (Wildman–Crippen LogP) is 10.4. The molecular formula is C50H87O12P. The first-order valence-corrected chi connectivity index (χ1v) is 25.8. The number of phosphoric acid groups is 1. The van der Waals surface area contributed by atoms with Crippen LogP contribution in [0.25, 0.3) is 0 Å². The quantitative estimate of drug-likeness (QED) is 0.0148. The second-order valence-corrected chi connectivity index (χ2v) is 18.0. The molecule has 0 saturated heterocycles. The molecule has 0 heterocycles. The maximum Gasteiger partial charge on any atom is 0.472 e. The summed E-state index contributed by atoms with van der Waals surface area (Å²) in [6.07, 6.45) is 39.6. The largest absolute Gasteiger partial charge is 0.472 e. The molecule has 1 saturated carbocycles. The van der Waals surface area contributed by atoms with Crippen LogP contribution < -0.4 is 0 Å². The third-order valence-corrected chi connectivity index (χ3v) is 11.8. The van der Waals surface area contributed by atoms with E-state index in [0.29, 0.717) is 13.0 Å². The molecular weight excluding hydrogens is 824 g/mol. The Morgan fingerprint density at radius 1 is 0.524 bits per heavy atom. The molecule has 6 unspecified atom stereocenters. The summed E-state index contributed by atoms with van der Waals surface area (Å²) >= 11 is 0. The summed E-state index contributed by atoms with van der Waals surface area (Å²) in [5.74, 6) is -0.498. The Morgan fingerprint density at radius 3 is 1.43 bits per heavy atom. The Labute approximate surface area is 380 Å². The van der Waals surface area contributed by atoms with Gasteiger partial charge in [-0.1, -0.05) is 157 Å². The predicted molar refractivity (Wildman–Crippen MR) is 253 cm³/mol. The lowest BCUT2D eigenvalue weighted by Gasteiger charge is -2.41. The van der Waals surface area contributed by atoms with Crippen LogP contribution in [0.2, 0.25) is 0 Å². The van der Waals surface area contributed by atoms with Crippen molar-refractivity contribution in [3.05, 3.63) is 72.9 Å². The van der Waals surface area contributed by atoms with Crippen molar-refractivity contribution in [1.29, 1.82) is 0 Å². The number of carbonyl (C=O) groups is 1. The van der Waals surface area contributed by atoms with Gasteiger partial charge in [0.05, 0.1) is 13.2 Å². The molecule has 12 nitrogen and oxygen atoms in total. The van der Waals surface area contributed by atoms with Crippen molar-refractivity contribution in [2.45, 2.75) is 217 Å². The fourth-order valence-corrected chi connectivity index (χ4v) is 7.94. The van der Waals surface area contributed by atoms with Gasteiger partial charge in [-0.3, -0.25) is 13.8 Å². The van der Waals surface area contributed by atoms with Gasteiger partial charge in [-0.2, -0.15) is 0 Å². The number of unbranched alkanes of at least 4 members (excludes halogenated alkanes) is 16. The third-order valence-electron chi connectivity index (χ3n) is 10.8. The van der Waals surface area contributed by atoms with Crippen molar-refractivity contribution in [3.63, 3.8) is 0 Å². The Bertz CT molecular complexity index is 1310. The van der Waals surface area contributed by atoms with E-state index in [1.807, 2.05) is 0 Å². The van der Waals surface area contributed by atoms with Gasteiger partial charge in [0.15, 0.2) is 0 Å². The van der Waals surface area contributed by atoms with Crippen LogP contribution in [0, 0.1) is 0 Å². The summed E-state index contributed by atoms with van der Waals surface area (Å²) in [6.45, 7) is 4.09. The highest BCUT2D eigenvalue weighted by Crippen LogP contribution is 2.47. The highest BCUT2D eigenvalue weighted by Gasteiger charge is 2.51. The van der Waals surface area contributed by atoms with E-state index in [0.717, 1.165) is 116 Å². The third kappa shape index (κ3) is 32.2. The minimum Gasteiger partial charge on any atom is -0.457 e. The molecule has 6 atom stereocenters. The summed E-state index contributed by atoms with van der Waals surface area (Å²) in [5, 5.41) is 50.2. The van der Waals surface area contributed by atoms with Crippen LogP contribution in [-0.2, 0) is 27.9 Å². The SMILES string of the molecule is CC/C=C\C/C=C\C/C=C\C/C=C\CCCCCCCCC(=O)OC(COCCCCCCCC/C=C\C/C=C\CCCCCC)COP(=O)(O)OC1C(O)C(O)C(O)C(O)C1O. The van der Waals surface area contributed by atoms with Gasteiger partial charge >= 0.3 is 13.8 Å². The molecule has 0 aromatic carbocycles. The summed E-state index contributed by atoms with van der Waals surface area (Å²) in [4.78, 5) is 23.2. The standard InChI is InChI=1S/C50H87O12P/c1-3-5-7-9-11-13-15-17-19-21-22-23-25-27-29-31-33-35-37-39-44(51)61-43(42-60-63(57,58)62-50-48(55)46(53)45(52)47(54)49(50)56)41-59-40-38-36-34-32-30-28-26-24-20-18-16-14-12-10-8-6-4-2/h5,7,11,13-14,16-17,19-20,22-24,43,45-50,52-56H,3-4,6,8-10,12,15,18,21,25-42H2,1-2H3,(H,57,58)/b7-5-,13-11-,16-14-,19-17-,23-22-,24-20-. The van der Waals surface area contributed by atoms with Gasteiger partial charge in [-0.05, 0) is 83.5 Å². The minimum atomic E-state index is -5.03. The van der Waals surface area contributed by atoms with E-state index in [1.54, 1.807) is 0 Å². The van der Waals surface area contributed by atoms with Crippen molar-refractivity contribution in [2.75, 3.05) is 19.8 Å². The second-order valence-electron chi connectivity index (χ2n) is 16.6. The molecule has 0 spiro atoms. The van der Waals surface area contributed by atoms with E-state index < -0.39 is 63.1 Å². The minimum absolute atomic E-state index is 0.0936. The maximum atomic E-state index is 12.8. The lowest BCUT2D eigenvalue weighted by atomic mass is 9.85. The van der Waals surface area contributed by atoms with Crippen LogP contribution in [0.3, 0.4) is 0 Å². The molecule has 1 rings (SSSR count). The van der Waals surface area contributed by atoms with Gasteiger partial charge in [0.25, 0.3) is 0 Å². The van der Waals surface area contributed by atoms with Gasteiger partial charge < -0.3 is 39.9 Å². The number of ether oxygens (including phenoxy) is 2. The molecule has 0 amide bonds. The van der Waals surface area contributed by atoms with Crippen LogP contribution in [-0.4, -0.2) is 98.9 Å². The van der Waals surface area contributed by atoms with Gasteiger partial charge in [0.2, 0.25) is 0 Å². The van der Waals surface area contributed by atoms with Crippen molar-refractivity contribution >= 4 is 13.8 Å². The zero-order chi connectivity index (χ0) is 46.2. The number of hydrogen-bond acceptors (Lipinski definition) is 11. The van der Waals surface area contributed by atoms with Crippen molar-refractivity contribution in [3.8, 4) is 0 Å². The van der Waals surface area contributed by atoms with Crippen molar-refractivity contribution in [1.82, 2.24) is 0 Å². The number of aliphatic hydroxyl groups is 5. The van der Waals surface area contributed by atoms with E-state index >= 15 is 0 Å². The summed E-state index contributed by atoms with van der Waals surface area (Å²) in [6, 6.07) is 0. The first kappa shape index (κ1) is 58.8. The number of esters is 1. The van der Waals surface area contributed by atoms with Gasteiger partial charge in [0.1, 0.15) is 42.7 Å². The highest BCUT2D eigenvalue weighted by molar-refractivity contribution is 7.47. The average molecular weight is 911 g/mol. The molecule has 63 heavy (non-hydrogen) atoms. The molecule has 364 valence electrons. The number of rotatable bonds is 40. The zero-order valence-electron chi connectivity index (χ0n) is 38.8. The first-order valence-electron chi connectivity index (χ1n) is 24.3. The lowest BCUT2D eigenvalue weighted by molar-refractivity contribution is -0.220. The van der Waals surface area contributed by atoms with Crippen molar-refractivity contribution < 1.29 is 58.3 Å². The number of aliphatic hydroxyl groups excluding tert-OH is 5. The van der Waals surface area contributed by atoms with Crippen LogP contribution in [0.1, 0.15) is 174 Å². The molecule has 1 fully saturated rings. The molecule has 1 aliphatic carbocycles. The van der Waals surface area contributed by atoms with Crippen LogP contribution in [0.4, 0.5) is 0 Å². The smallest absolute Gasteiger partial charge is 0.457 e. The molecule has 0 aromatic heterocycles. The Hall–Kier alpha value is -2.22. The van der Waals surface area contributed by atoms with Crippen LogP contribution >= 0.6 is 7.82 Å². The number of phosphoric ester groups is 1. The van der Waals surface area contributed by atoms with E-state index in [9.17, 15) is 39.8 Å². The number of allylic oxidation sites excluding steroid dienone is 12. The second kappa shape index (κ2) is 40.1. The maximum absolute atomic E-state index is 12.8. The molecule has 6 N–H and O–H groups in total. The average Bonchev–Trinajstić information content (AvgIpc) is 3.27. The molecule has 13 heteroatoms. The normalized spacial score (nSPS) is 22.5. The molecule has 0 aromatic rings. The summed E-state index contributed by atoms with van der Waals surface area (Å²) in [7, 11) is -5.03. The Balaban J connectivity index is 2.40. The Kier molecular flexibility index (Phi) is 37.4. The van der Waals surface area contributed by atoms with Crippen LogP contribution in [0.15, 0.2) is 72.9 Å². The molecule has 0 bridgehead atoms. The fourth-order valence-electron chi connectivity index (χ4n) is 6.96. The van der Waals surface area contributed by atoms with E-state index in [4.69, 9.17) is 18.5 Å². The van der Waals surface area contributed by atoms with Gasteiger partial charge in [-0.25, -0.2) is 4.57 Å². The van der Waals surface area contributed by atoms with E-state index in [-0.39, 0.29) is 13.0 Å². The lowest BCUT2D eigenvalue weighted by Crippen LogP contribution is -2.64. The highest BCUT2D eigenvalue weighted by atomic mass is 31.2. The molecule has 1 aliphatic rings. The number of hydrogen-bond donors (Lipinski definition) is 6. The summed E-state index contributed by atoms with van der Waals surface area (Å²) < 4.78 is 34.2. The molecule has 0 radical (unpaired) electrons. The first-order chi connectivity index (χ1) is 30.5. The van der Waals surface area contributed by atoms with Crippen molar-refractivity contribution in [2.24, 2.45) is 0 Å². The topological polar surface area (TPSA) is 192 Å². The van der Waals surface area contributed by atoms with Gasteiger partial charge in [0, 0.05) is 13.0 Å².